The molecular formula is C9H20N2O3. The quantitative estimate of drug-likeness (QED) is 0.454. The third-order valence-corrected chi connectivity index (χ3v) is 2.01. The van der Waals surface area contributed by atoms with E-state index in [9.17, 15) is 9.90 Å². The van der Waals surface area contributed by atoms with E-state index in [4.69, 9.17) is 10.8 Å². The van der Waals surface area contributed by atoms with Gasteiger partial charge in [-0.25, -0.2) is 0 Å². The summed E-state index contributed by atoms with van der Waals surface area (Å²) < 4.78 is 0. The normalized spacial score (nSPS) is 17.6. The molecule has 84 valence electrons. The summed E-state index contributed by atoms with van der Waals surface area (Å²) in [6.45, 7) is 4.73. The summed E-state index contributed by atoms with van der Waals surface area (Å²) in [5, 5.41) is 20.6. The molecule has 0 bridgehead atoms. The maximum absolute atomic E-state index is 11.3. The summed E-state index contributed by atoms with van der Waals surface area (Å²) in [6, 6.07) is -0.579. The number of aliphatic hydroxyl groups is 2. The monoisotopic (exact) mass is 204 g/mol. The van der Waals surface area contributed by atoms with Crippen LogP contribution in [0.5, 0.6) is 0 Å². The second-order valence-corrected chi connectivity index (χ2v) is 4.14. The van der Waals surface area contributed by atoms with E-state index in [2.05, 4.69) is 5.32 Å². The molecule has 0 saturated heterocycles. The molecule has 0 rings (SSSR count). The third kappa shape index (κ3) is 4.55. The smallest absolute Gasteiger partial charge is 0.237 e. The highest BCUT2D eigenvalue weighted by Crippen LogP contribution is 2.01. The van der Waals surface area contributed by atoms with Crippen molar-refractivity contribution in [3.63, 3.8) is 0 Å². The molecule has 5 nitrogen and oxygen atoms in total. The molecule has 5 N–H and O–H groups in total. The Balaban J connectivity index is 3.97. The molecule has 1 amide bonds. The molecule has 1 unspecified atom stereocenters. The summed E-state index contributed by atoms with van der Waals surface area (Å²) >= 11 is 0. The van der Waals surface area contributed by atoms with Crippen molar-refractivity contribution in [2.24, 2.45) is 11.7 Å². The molecule has 0 aliphatic carbocycles. The Bertz CT molecular complexity index is 192. The van der Waals surface area contributed by atoms with Gasteiger partial charge in [-0.1, -0.05) is 13.8 Å². The van der Waals surface area contributed by atoms with Gasteiger partial charge in [0.05, 0.1) is 12.6 Å². The lowest BCUT2D eigenvalue weighted by atomic mass is 10.0. The van der Waals surface area contributed by atoms with Gasteiger partial charge in [-0.05, 0) is 12.8 Å². The zero-order chi connectivity index (χ0) is 11.4. The van der Waals surface area contributed by atoms with E-state index in [-0.39, 0.29) is 18.4 Å². The molecule has 0 fully saturated rings. The summed E-state index contributed by atoms with van der Waals surface area (Å²) in [7, 11) is 0. The topological polar surface area (TPSA) is 95.6 Å². The molecule has 0 aliphatic rings. The van der Waals surface area contributed by atoms with E-state index in [0.717, 1.165) is 0 Å². The van der Waals surface area contributed by atoms with Crippen LogP contribution in [0.15, 0.2) is 0 Å². The van der Waals surface area contributed by atoms with Gasteiger partial charge in [0.1, 0.15) is 5.60 Å². The van der Waals surface area contributed by atoms with E-state index < -0.39 is 18.2 Å². The first kappa shape index (κ1) is 13.4. The van der Waals surface area contributed by atoms with Gasteiger partial charge in [0.15, 0.2) is 0 Å². The van der Waals surface area contributed by atoms with Crippen LogP contribution in [0.2, 0.25) is 0 Å². The number of hydrogen-bond acceptors (Lipinski definition) is 4. The van der Waals surface area contributed by atoms with Gasteiger partial charge in [0.2, 0.25) is 5.91 Å². The van der Waals surface area contributed by atoms with Crippen LogP contribution in [0.1, 0.15) is 20.8 Å². The second-order valence-electron chi connectivity index (χ2n) is 4.14. The Kier molecular flexibility index (Phi) is 5.04. The lowest BCUT2D eigenvalue weighted by molar-refractivity contribution is -0.124. The minimum absolute atomic E-state index is 0.00273. The van der Waals surface area contributed by atoms with E-state index in [1.54, 1.807) is 0 Å². The van der Waals surface area contributed by atoms with Crippen LogP contribution in [0.3, 0.4) is 0 Å². The first-order chi connectivity index (χ1) is 6.30. The summed E-state index contributed by atoms with van der Waals surface area (Å²) in [6.07, 6.45) is 0. The number of hydrogen-bond donors (Lipinski definition) is 4. The van der Waals surface area contributed by atoms with E-state index in [0.29, 0.717) is 0 Å². The minimum Gasteiger partial charge on any atom is -0.393 e. The first-order valence-electron chi connectivity index (χ1n) is 4.66. The lowest BCUT2D eigenvalue weighted by Gasteiger charge is -2.22. The first-order valence-corrected chi connectivity index (χ1v) is 4.66. The Morgan fingerprint density at radius 3 is 2.43 bits per heavy atom. The van der Waals surface area contributed by atoms with Crippen LogP contribution in [0, 0.1) is 5.92 Å². The number of nitrogens with two attached hydrogens (primary N) is 1. The van der Waals surface area contributed by atoms with Gasteiger partial charge in [-0.15, -0.1) is 0 Å². The maximum atomic E-state index is 11.3. The van der Waals surface area contributed by atoms with Crippen molar-refractivity contribution in [3.05, 3.63) is 0 Å². The van der Waals surface area contributed by atoms with Crippen LogP contribution in [0.4, 0.5) is 0 Å². The molecule has 14 heavy (non-hydrogen) atoms. The van der Waals surface area contributed by atoms with Gasteiger partial charge < -0.3 is 21.3 Å². The van der Waals surface area contributed by atoms with Gasteiger partial charge in [-0.2, -0.15) is 0 Å². The van der Waals surface area contributed by atoms with E-state index in [1.165, 1.54) is 6.92 Å². The molecule has 5 heteroatoms. The Labute approximate surface area is 84.3 Å². The largest absolute Gasteiger partial charge is 0.393 e. The summed E-state index contributed by atoms with van der Waals surface area (Å²) in [5.41, 5.74) is 4.29. The summed E-state index contributed by atoms with van der Waals surface area (Å²) in [5.74, 6) is -0.261. The SMILES string of the molecule is CC(C)[C@@H](N)C(=O)NCC(C)(O)CO. The highest BCUT2D eigenvalue weighted by molar-refractivity contribution is 5.81. The predicted octanol–water partition coefficient (Wildman–Crippen LogP) is -1.17. The van der Waals surface area contributed by atoms with Crippen molar-refractivity contribution in [1.82, 2.24) is 5.32 Å². The highest BCUT2D eigenvalue weighted by Gasteiger charge is 2.23. The van der Waals surface area contributed by atoms with E-state index in [1.807, 2.05) is 13.8 Å². The van der Waals surface area contributed by atoms with Gasteiger partial charge >= 0.3 is 0 Å². The maximum Gasteiger partial charge on any atom is 0.237 e. The average molecular weight is 204 g/mol. The number of carbonyl (C=O) groups is 1. The molecule has 0 saturated carbocycles. The Morgan fingerprint density at radius 1 is 1.57 bits per heavy atom. The fourth-order valence-corrected chi connectivity index (χ4v) is 0.754. The Hall–Kier alpha value is -0.650. The van der Waals surface area contributed by atoms with Crippen molar-refractivity contribution in [2.75, 3.05) is 13.2 Å². The molecular weight excluding hydrogens is 184 g/mol. The molecule has 0 aromatic heterocycles. The van der Waals surface area contributed by atoms with Crippen molar-refractivity contribution >= 4 is 5.91 Å². The van der Waals surface area contributed by atoms with Crippen LogP contribution < -0.4 is 11.1 Å². The highest BCUT2D eigenvalue weighted by atomic mass is 16.3. The number of amides is 1. The fourth-order valence-electron chi connectivity index (χ4n) is 0.754. The zero-order valence-electron chi connectivity index (χ0n) is 8.95. The number of carbonyl (C=O) groups excluding carboxylic acids is 1. The molecule has 0 aromatic rings. The van der Waals surface area contributed by atoms with Crippen LogP contribution in [-0.2, 0) is 4.79 Å². The molecule has 0 spiro atoms. The van der Waals surface area contributed by atoms with Crippen molar-refractivity contribution in [3.8, 4) is 0 Å². The molecule has 0 heterocycles. The van der Waals surface area contributed by atoms with Gasteiger partial charge in [0.25, 0.3) is 0 Å². The van der Waals surface area contributed by atoms with Crippen molar-refractivity contribution < 1.29 is 15.0 Å². The molecule has 0 aliphatic heterocycles. The summed E-state index contributed by atoms with van der Waals surface area (Å²) in [4.78, 5) is 11.3. The zero-order valence-corrected chi connectivity index (χ0v) is 8.95. The number of rotatable bonds is 5. The lowest BCUT2D eigenvalue weighted by Crippen LogP contribution is -2.50. The fraction of sp³-hybridized carbons (Fsp3) is 0.889. The van der Waals surface area contributed by atoms with Crippen LogP contribution >= 0.6 is 0 Å². The van der Waals surface area contributed by atoms with Crippen LogP contribution in [-0.4, -0.2) is 40.9 Å². The third-order valence-electron chi connectivity index (χ3n) is 2.01. The van der Waals surface area contributed by atoms with Crippen molar-refractivity contribution in [1.29, 1.82) is 0 Å². The van der Waals surface area contributed by atoms with Crippen molar-refractivity contribution in [2.45, 2.75) is 32.4 Å². The molecule has 0 aromatic carbocycles. The average Bonchev–Trinajstić information content (AvgIpc) is 2.13. The standard InChI is InChI=1S/C9H20N2O3/c1-6(2)7(10)8(13)11-4-9(3,14)5-12/h6-7,12,14H,4-5,10H2,1-3H3,(H,11,13)/t7-,9?/m1/s1. The predicted molar refractivity (Wildman–Crippen MR) is 53.5 cm³/mol. The Morgan fingerprint density at radius 2 is 2.07 bits per heavy atom. The second kappa shape index (κ2) is 5.29. The molecule has 2 atom stereocenters. The minimum atomic E-state index is -1.29. The molecule has 0 radical (unpaired) electrons. The van der Waals surface area contributed by atoms with Gasteiger partial charge in [0, 0.05) is 6.54 Å². The van der Waals surface area contributed by atoms with Crippen LogP contribution in [0.25, 0.3) is 0 Å². The number of aliphatic hydroxyl groups excluding tert-OH is 1. The van der Waals surface area contributed by atoms with E-state index >= 15 is 0 Å². The number of nitrogens with one attached hydrogen (secondary N) is 1. The van der Waals surface area contributed by atoms with Gasteiger partial charge in [-0.3, -0.25) is 4.79 Å².